The van der Waals surface area contributed by atoms with E-state index in [4.69, 9.17) is 4.74 Å². The van der Waals surface area contributed by atoms with Gasteiger partial charge >= 0.3 is 18.0 Å². The van der Waals surface area contributed by atoms with Crippen molar-refractivity contribution in [1.82, 2.24) is 20.9 Å². The molecule has 144 valence electrons. The summed E-state index contributed by atoms with van der Waals surface area (Å²) >= 11 is 0. The Bertz CT molecular complexity index is 636. The minimum absolute atomic E-state index is 0.0222. The molecule has 0 radical (unpaired) electrons. The molecule has 1 saturated carbocycles. The molecule has 0 unspecified atom stereocenters. The van der Waals surface area contributed by atoms with E-state index in [1.54, 1.807) is 0 Å². The largest absolute Gasteiger partial charge is 0.451 e. The van der Waals surface area contributed by atoms with Crippen molar-refractivity contribution in [3.8, 4) is 0 Å². The summed E-state index contributed by atoms with van der Waals surface area (Å²) in [4.78, 5) is 60.6. The monoisotopic (exact) mass is 368 g/mol. The number of nitrogens with one attached hydrogen (secondary N) is 3. The topological polar surface area (TPSA) is 134 Å². The molecule has 1 aliphatic carbocycles. The fourth-order valence-electron chi connectivity index (χ4n) is 3.33. The maximum Gasteiger partial charge on any atom is 0.327 e. The van der Waals surface area contributed by atoms with Crippen LogP contribution in [-0.2, 0) is 19.1 Å². The summed E-state index contributed by atoms with van der Waals surface area (Å²) in [6.07, 6.45) is 1.93. The summed E-state index contributed by atoms with van der Waals surface area (Å²) in [5.41, 5.74) is -0.960. The number of imide groups is 2. The van der Waals surface area contributed by atoms with Crippen molar-refractivity contribution < 1.29 is 28.7 Å². The predicted molar refractivity (Wildman–Crippen MR) is 88.8 cm³/mol. The van der Waals surface area contributed by atoms with Crippen molar-refractivity contribution >= 4 is 29.8 Å². The average Bonchev–Trinajstić information content (AvgIpc) is 2.82. The molecule has 6 amide bonds. The Morgan fingerprint density at radius 1 is 1.35 bits per heavy atom. The van der Waals surface area contributed by atoms with Crippen molar-refractivity contribution in [2.24, 2.45) is 5.92 Å². The number of urea groups is 2. The van der Waals surface area contributed by atoms with E-state index >= 15 is 0 Å². The van der Waals surface area contributed by atoms with Gasteiger partial charge in [0.1, 0.15) is 12.1 Å². The van der Waals surface area contributed by atoms with Crippen molar-refractivity contribution in [2.75, 3.05) is 13.6 Å². The molecule has 1 aliphatic heterocycles. The SMILES string of the molecule is CNC(=O)NC(=O)[C@H](C)OC(=O)CN1C(=O)N[C@]2(CCCC[C@H]2C)C1=O. The van der Waals surface area contributed by atoms with Crippen LogP contribution in [0.1, 0.15) is 39.5 Å². The first-order chi connectivity index (χ1) is 12.2. The molecule has 3 atom stereocenters. The molecule has 2 aliphatic rings. The summed E-state index contributed by atoms with van der Waals surface area (Å²) in [5.74, 6) is -2.18. The average molecular weight is 368 g/mol. The number of carbonyl (C=O) groups is 5. The van der Waals surface area contributed by atoms with Crippen molar-refractivity contribution in [2.45, 2.75) is 51.2 Å². The minimum atomic E-state index is -1.25. The van der Waals surface area contributed by atoms with E-state index in [0.717, 1.165) is 24.2 Å². The van der Waals surface area contributed by atoms with Crippen LogP contribution < -0.4 is 16.0 Å². The Morgan fingerprint density at radius 2 is 2.04 bits per heavy atom. The summed E-state index contributed by atoms with van der Waals surface area (Å²) in [6, 6.07) is -1.37. The van der Waals surface area contributed by atoms with Gasteiger partial charge in [0.2, 0.25) is 0 Å². The molecular weight excluding hydrogens is 344 g/mol. The van der Waals surface area contributed by atoms with E-state index in [2.05, 4.69) is 10.6 Å². The highest BCUT2D eigenvalue weighted by atomic mass is 16.5. The summed E-state index contributed by atoms with van der Waals surface area (Å²) in [5, 5.41) is 6.90. The first kappa shape index (κ1) is 19.7. The maximum absolute atomic E-state index is 12.7. The molecule has 0 aromatic rings. The Kier molecular flexibility index (Phi) is 5.83. The lowest BCUT2D eigenvalue weighted by Crippen LogP contribution is -2.54. The van der Waals surface area contributed by atoms with Gasteiger partial charge in [0.15, 0.2) is 6.10 Å². The van der Waals surface area contributed by atoms with Crippen LogP contribution in [0.3, 0.4) is 0 Å². The highest BCUT2D eigenvalue weighted by Gasteiger charge is 2.55. The standard InChI is InChI=1S/C16H24N4O6/c1-9-6-4-5-7-16(9)13(23)20(15(25)19-16)8-11(21)26-10(2)12(22)18-14(24)17-3/h9-10H,4-8H2,1-3H3,(H,19,25)(H2,17,18,22,24)/t9-,10+,16+/m1/s1. The van der Waals surface area contributed by atoms with Gasteiger partial charge in [0.05, 0.1) is 0 Å². The number of esters is 1. The lowest BCUT2D eigenvalue weighted by atomic mass is 9.73. The molecule has 1 spiro atoms. The van der Waals surface area contributed by atoms with Crippen LogP contribution in [0, 0.1) is 5.92 Å². The van der Waals surface area contributed by atoms with Gasteiger partial charge in [0.25, 0.3) is 11.8 Å². The second-order valence-corrected chi connectivity index (χ2v) is 6.64. The summed E-state index contributed by atoms with van der Waals surface area (Å²) < 4.78 is 4.91. The third kappa shape index (κ3) is 3.78. The van der Waals surface area contributed by atoms with Crippen LogP contribution >= 0.6 is 0 Å². The summed E-state index contributed by atoms with van der Waals surface area (Å²) in [7, 11) is 1.33. The number of amides is 6. The summed E-state index contributed by atoms with van der Waals surface area (Å²) in [6.45, 7) is 2.60. The van der Waals surface area contributed by atoms with Gasteiger partial charge in [-0.1, -0.05) is 19.8 Å². The van der Waals surface area contributed by atoms with E-state index in [1.807, 2.05) is 12.2 Å². The third-order valence-electron chi connectivity index (χ3n) is 4.93. The van der Waals surface area contributed by atoms with Crippen LogP contribution in [0.4, 0.5) is 9.59 Å². The van der Waals surface area contributed by atoms with Gasteiger partial charge in [-0.15, -0.1) is 0 Å². The molecular formula is C16H24N4O6. The van der Waals surface area contributed by atoms with Gasteiger partial charge in [-0.3, -0.25) is 24.6 Å². The van der Waals surface area contributed by atoms with Crippen molar-refractivity contribution in [3.05, 3.63) is 0 Å². The van der Waals surface area contributed by atoms with Gasteiger partial charge in [-0.25, -0.2) is 9.59 Å². The van der Waals surface area contributed by atoms with Crippen LogP contribution in [0.2, 0.25) is 0 Å². The van der Waals surface area contributed by atoms with Crippen molar-refractivity contribution in [3.63, 3.8) is 0 Å². The molecule has 2 rings (SSSR count). The number of carbonyl (C=O) groups excluding carboxylic acids is 5. The number of hydrogen-bond donors (Lipinski definition) is 3. The zero-order valence-electron chi connectivity index (χ0n) is 15.1. The second kappa shape index (κ2) is 7.71. The molecule has 10 heteroatoms. The zero-order chi connectivity index (χ0) is 19.5. The third-order valence-corrected chi connectivity index (χ3v) is 4.93. The number of rotatable bonds is 4. The molecule has 1 saturated heterocycles. The quantitative estimate of drug-likeness (QED) is 0.468. The van der Waals surface area contributed by atoms with E-state index < -0.39 is 48.0 Å². The number of ether oxygens (including phenoxy) is 1. The van der Waals surface area contributed by atoms with Crippen LogP contribution in [-0.4, -0.2) is 60.0 Å². The molecule has 2 fully saturated rings. The van der Waals surface area contributed by atoms with Crippen LogP contribution in [0.25, 0.3) is 0 Å². The smallest absolute Gasteiger partial charge is 0.327 e. The minimum Gasteiger partial charge on any atom is -0.451 e. The molecule has 0 bridgehead atoms. The Balaban J connectivity index is 1.96. The normalized spacial score (nSPS) is 26.3. The van der Waals surface area contributed by atoms with Gasteiger partial charge in [-0.05, 0) is 25.7 Å². The number of hydrogen-bond acceptors (Lipinski definition) is 6. The first-order valence-electron chi connectivity index (χ1n) is 8.57. The molecule has 0 aromatic heterocycles. The van der Waals surface area contributed by atoms with Gasteiger partial charge in [-0.2, -0.15) is 0 Å². The lowest BCUT2D eigenvalue weighted by molar-refractivity contribution is -0.156. The van der Waals surface area contributed by atoms with E-state index in [0.29, 0.717) is 6.42 Å². The van der Waals surface area contributed by atoms with Gasteiger partial charge in [0, 0.05) is 7.05 Å². The number of nitrogens with zero attached hydrogens (tertiary/aromatic N) is 1. The zero-order valence-corrected chi connectivity index (χ0v) is 15.1. The molecule has 26 heavy (non-hydrogen) atoms. The Morgan fingerprint density at radius 3 is 2.65 bits per heavy atom. The van der Waals surface area contributed by atoms with Crippen molar-refractivity contribution in [1.29, 1.82) is 0 Å². The Labute approximate surface area is 151 Å². The molecule has 10 nitrogen and oxygen atoms in total. The van der Waals surface area contributed by atoms with E-state index in [1.165, 1.54) is 14.0 Å². The first-order valence-corrected chi connectivity index (χ1v) is 8.57. The van der Waals surface area contributed by atoms with Crippen LogP contribution in [0.5, 0.6) is 0 Å². The highest BCUT2D eigenvalue weighted by molar-refractivity contribution is 6.09. The second-order valence-electron chi connectivity index (χ2n) is 6.64. The molecule has 0 aromatic carbocycles. The predicted octanol–water partition coefficient (Wildman–Crippen LogP) is -0.126. The van der Waals surface area contributed by atoms with E-state index in [9.17, 15) is 24.0 Å². The fourth-order valence-corrected chi connectivity index (χ4v) is 3.33. The molecule has 3 N–H and O–H groups in total. The molecule has 1 heterocycles. The maximum atomic E-state index is 12.7. The highest BCUT2D eigenvalue weighted by Crippen LogP contribution is 2.38. The van der Waals surface area contributed by atoms with Crippen LogP contribution in [0.15, 0.2) is 0 Å². The Hall–Kier alpha value is -2.65. The fraction of sp³-hybridized carbons (Fsp3) is 0.688. The van der Waals surface area contributed by atoms with E-state index in [-0.39, 0.29) is 5.92 Å². The van der Waals surface area contributed by atoms with Gasteiger partial charge < -0.3 is 15.4 Å². The lowest BCUT2D eigenvalue weighted by Gasteiger charge is -2.36.